The zero-order chi connectivity index (χ0) is 22.9. The first-order valence-electron chi connectivity index (χ1n) is 10.9. The van der Waals surface area contributed by atoms with Crippen LogP contribution in [0.15, 0.2) is 48.7 Å². The maximum Gasteiger partial charge on any atom is 0.259 e. The Morgan fingerprint density at radius 3 is 2.64 bits per heavy atom. The number of carbonyl (C=O) groups excluding carboxylic acids is 1. The monoisotopic (exact) mass is 465 g/mol. The molecule has 0 unspecified atom stereocenters. The third-order valence-corrected chi connectivity index (χ3v) is 6.66. The molecule has 33 heavy (non-hydrogen) atoms. The Morgan fingerprint density at radius 2 is 1.91 bits per heavy atom. The van der Waals surface area contributed by atoms with Crippen molar-refractivity contribution in [3.63, 3.8) is 0 Å². The summed E-state index contributed by atoms with van der Waals surface area (Å²) in [6, 6.07) is 11.8. The second-order valence-electron chi connectivity index (χ2n) is 8.22. The van der Waals surface area contributed by atoms with Crippen molar-refractivity contribution in [1.82, 2.24) is 14.8 Å². The van der Waals surface area contributed by atoms with Gasteiger partial charge in [0.05, 0.1) is 46.6 Å². The highest BCUT2D eigenvalue weighted by Gasteiger charge is 2.22. The van der Waals surface area contributed by atoms with Crippen molar-refractivity contribution < 1.29 is 13.9 Å². The van der Waals surface area contributed by atoms with Gasteiger partial charge in [-0.05, 0) is 48.4 Å². The number of carbonyl (C=O) groups is 1. The number of hydrogen-bond donors (Lipinski definition) is 1. The van der Waals surface area contributed by atoms with Gasteiger partial charge in [0.1, 0.15) is 5.82 Å². The standard InChI is InChI=1S/C24H24FN5O2S/c1-15(2)22-19(14-26-30(22)18-6-3-16(25)4-7-18)23(31)27-17-5-8-20-21(13-17)33-24(28-20)29-9-11-32-12-10-29/h3-8,13-15H,9-12H2,1-2H3,(H,27,31). The van der Waals surface area contributed by atoms with Gasteiger partial charge in [0.2, 0.25) is 0 Å². The lowest BCUT2D eigenvalue weighted by Crippen LogP contribution is -2.36. The molecule has 1 amide bonds. The average Bonchev–Trinajstić information content (AvgIpc) is 3.45. The van der Waals surface area contributed by atoms with Crippen LogP contribution in [0.2, 0.25) is 0 Å². The number of anilines is 2. The third-order valence-electron chi connectivity index (χ3n) is 5.59. The van der Waals surface area contributed by atoms with Gasteiger partial charge in [0.25, 0.3) is 5.91 Å². The Labute approximate surface area is 194 Å². The number of ether oxygens (including phenoxy) is 1. The Kier molecular flexibility index (Phi) is 5.82. The Morgan fingerprint density at radius 1 is 1.15 bits per heavy atom. The second kappa shape index (κ2) is 8.92. The fraction of sp³-hybridized carbons (Fsp3) is 0.292. The van der Waals surface area contributed by atoms with E-state index in [0.29, 0.717) is 30.2 Å². The lowest BCUT2D eigenvalue weighted by atomic mass is 10.0. The maximum atomic E-state index is 13.3. The van der Waals surface area contributed by atoms with Crippen LogP contribution in [0.1, 0.15) is 35.8 Å². The summed E-state index contributed by atoms with van der Waals surface area (Å²) in [6.07, 6.45) is 1.57. The van der Waals surface area contributed by atoms with Crippen molar-refractivity contribution in [3.05, 3.63) is 65.7 Å². The minimum Gasteiger partial charge on any atom is -0.378 e. The number of halogens is 1. The largest absolute Gasteiger partial charge is 0.378 e. The normalized spacial score (nSPS) is 14.2. The van der Waals surface area contributed by atoms with E-state index in [-0.39, 0.29) is 17.6 Å². The Bertz CT molecular complexity index is 1290. The van der Waals surface area contributed by atoms with Crippen molar-refractivity contribution in [1.29, 1.82) is 0 Å². The molecule has 0 radical (unpaired) electrons. The van der Waals surface area contributed by atoms with Gasteiger partial charge in [0.15, 0.2) is 5.13 Å². The van der Waals surface area contributed by atoms with E-state index in [0.717, 1.165) is 34.1 Å². The van der Waals surface area contributed by atoms with E-state index in [1.807, 2.05) is 32.0 Å². The number of amides is 1. The molecule has 0 saturated carbocycles. The molecule has 1 fully saturated rings. The van der Waals surface area contributed by atoms with E-state index >= 15 is 0 Å². The first-order valence-corrected chi connectivity index (χ1v) is 11.7. The number of thiazole rings is 1. The molecule has 7 nitrogen and oxygen atoms in total. The van der Waals surface area contributed by atoms with Crippen LogP contribution in [0.25, 0.3) is 15.9 Å². The molecule has 1 saturated heterocycles. The summed E-state index contributed by atoms with van der Waals surface area (Å²) in [4.78, 5) is 20.1. The van der Waals surface area contributed by atoms with Gasteiger partial charge in [-0.25, -0.2) is 14.1 Å². The van der Waals surface area contributed by atoms with E-state index in [1.165, 1.54) is 12.1 Å². The van der Waals surface area contributed by atoms with E-state index in [1.54, 1.807) is 34.3 Å². The molecule has 0 atom stereocenters. The van der Waals surface area contributed by atoms with Gasteiger partial charge in [-0.3, -0.25) is 4.79 Å². The molecule has 2 aromatic heterocycles. The summed E-state index contributed by atoms with van der Waals surface area (Å²) >= 11 is 1.61. The van der Waals surface area contributed by atoms with Crippen molar-refractivity contribution in [2.75, 3.05) is 36.5 Å². The molecular weight excluding hydrogens is 441 g/mol. The fourth-order valence-corrected chi connectivity index (χ4v) is 5.01. The smallest absolute Gasteiger partial charge is 0.259 e. The van der Waals surface area contributed by atoms with Gasteiger partial charge in [0, 0.05) is 18.8 Å². The van der Waals surface area contributed by atoms with E-state index in [2.05, 4.69) is 15.3 Å². The van der Waals surface area contributed by atoms with Crippen molar-refractivity contribution in [3.8, 4) is 5.69 Å². The molecule has 1 N–H and O–H groups in total. The predicted molar refractivity (Wildman–Crippen MR) is 128 cm³/mol. The molecule has 9 heteroatoms. The van der Waals surface area contributed by atoms with Crippen LogP contribution in [0.3, 0.4) is 0 Å². The van der Waals surface area contributed by atoms with Crippen LogP contribution in [0, 0.1) is 5.82 Å². The number of morpholine rings is 1. The minimum absolute atomic E-state index is 0.0401. The number of hydrogen-bond acceptors (Lipinski definition) is 6. The lowest BCUT2D eigenvalue weighted by Gasteiger charge is -2.25. The van der Waals surface area contributed by atoms with Gasteiger partial charge >= 0.3 is 0 Å². The second-order valence-corrected chi connectivity index (χ2v) is 9.23. The summed E-state index contributed by atoms with van der Waals surface area (Å²) in [6.45, 7) is 7.09. The molecule has 2 aromatic carbocycles. The van der Waals surface area contributed by atoms with E-state index in [4.69, 9.17) is 9.72 Å². The first-order chi connectivity index (χ1) is 16.0. The molecule has 1 aliphatic heterocycles. The Hall–Kier alpha value is -3.30. The van der Waals surface area contributed by atoms with Crippen LogP contribution in [-0.2, 0) is 4.74 Å². The van der Waals surface area contributed by atoms with Crippen LogP contribution in [0.4, 0.5) is 15.2 Å². The molecule has 0 aliphatic carbocycles. The zero-order valence-corrected chi connectivity index (χ0v) is 19.2. The molecule has 4 aromatic rings. The SMILES string of the molecule is CC(C)c1c(C(=O)Nc2ccc3nc(N4CCOCC4)sc3c2)cnn1-c1ccc(F)cc1. The number of nitrogens with zero attached hydrogens (tertiary/aromatic N) is 4. The Balaban J connectivity index is 1.40. The molecule has 5 rings (SSSR count). The summed E-state index contributed by atoms with van der Waals surface area (Å²) in [5, 5.41) is 8.39. The topological polar surface area (TPSA) is 72.3 Å². The number of benzene rings is 2. The van der Waals surface area contributed by atoms with Gasteiger partial charge < -0.3 is 15.0 Å². The van der Waals surface area contributed by atoms with Crippen LogP contribution >= 0.6 is 11.3 Å². The highest BCUT2D eigenvalue weighted by atomic mass is 32.1. The molecule has 1 aliphatic rings. The predicted octanol–water partition coefficient (Wildman–Crippen LogP) is 4.83. The lowest BCUT2D eigenvalue weighted by molar-refractivity contribution is 0.102. The van der Waals surface area contributed by atoms with Gasteiger partial charge in [-0.15, -0.1) is 0 Å². The van der Waals surface area contributed by atoms with Crippen LogP contribution in [0.5, 0.6) is 0 Å². The van der Waals surface area contributed by atoms with Crippen molar-refractivity contribution in [2.24, 2.45) is 0 Å². The fourth-order valence-electron chi connectivity index (χ4n) is 3.96. The van der Waals surface area contributed by atoms with Gasteiger partial charge in [-0.2, -0.15) is 5.10 Å². The molecule has 3 heterocycles. The van der Waals surface area contributed by atoms with Crippen LogP contribution in [-0.4, -0.2) is 47.0 Å². The van der Waals surface area contributed by atoms with E-state index < -0.39 is 0 Å². The average molecular weight is 466 g/mol. The third kappa shape index (κ3) is 4.34. The summed E-state index contributed by atoms with van der Waals surface area (Å²) in [5.74, 6) is -0.507. The number of aromatic nitrogens is 3. The minimum atomic E-state index is -0.315. The molecule has 0 bridgehead atoms. The highest BCUT2D eigenvalue weighted by molar-refractivity contribution is 7.22. The van der Waals surface area contributed by atoms with Crippen molar-refractivity contribution in [2.45, 2.75) is 19.8 Å². The number of fused-ring (bicyclic) bond motifs is 1. The zero-order valence-electron chi connectivity index (χ0n) is 18.4. The first kappa shape index (κ1) is 21.5. The molecular formula is C24H24FN5O2S. The number of nitrogens with one attached hydrogen (secondary N) is 1. The number of rotatable bonds is 5. The van der Waals surface area contributed by atoms with E-state index in [9.17, 15) is 9.18 Å². The highest BCUT2D eigenvalue weighted by Crippen LogP contribution is 2.31. The summed E-state index contributed by atoms with van der Waals surface area (Å²) in [7, 11) is 0. The quantitative estimate of drug-likeness (QED) is 0.457. The van der Waals surface area contributed by atoms with Crippen molar-refractivity contribution >= 4 is 38.3 Å². The van der Waals surface area contributed by atoms with Gasteiger partial charge in [-0.1, -0.05) is 25.2 Å². The molecule has 170 valence electrons. The summed E-state index contributed by atoms with van der Waals surface area (Å²) in [5.41, 5.74) is 3.58. The maximum absolute atomic E-state index is 13.3. The molecule has 0 spiro atoms. The summed E-state index contributed by atoms with van der Waals surface area (Å²) < 4.78 is 21.5. The van der Waals surface area contributed by atoms with Crippen LogP contribution < -0.4 is 10.2 Å².